The molecule has 0 saturated carbocycles. The molecule has 15 heavy (non-hydrogen) atoms. The van der Waals surface area contributed by atoms with E-state index in [4.69, 9.17) is 9.47 Å². The second-order valence-corrected chi connectivity index (χ2v) is 3.39. The summed E-state index contributed by atoms with van der Waals surface area (Å²) in [5.74, 6) is 0.627. The van der Waals surface area contributed by atoms with E-state index in [2.05, 4.69) is 17.2 Å². The number of methoxy groups -OCH3 is 2. The van der Waals surface area contributed by atoms with Crippen molar-refractivity contribution in [3.63, 3.8) is 0 Å². The fraction of sp³-hybridized carbons (Fsp3) is 0.545. The molecule has 1 heterocycles. The Morgan fingerprint density at radius 1 is 1.47 bits per heavy atom. The highest BCUT2D eigenvalue weighted by molar-refractivity contribution is 5.52. The number of aromatic nitrogens is 1. The maximum Gasteiger partial charge on any atom is 0.237 e. The van der Waals surface area contributed by atoms with Crippen LogP contribution in [-0.2, 0) is 4.74 Å². The monoisotopic (exact) mass is 210 g/mol. The van der Waals surface area contributed by atoms with Crippen molar-refractivity contribution in [2.45, 2.75) is 19.4 Å². The molecule has 0 amide bonds. The molecule has 1 unspecified atom stereocenters. The largest absolute Gasteiger partial charge is 0.480 e. The van der Waals surface area contributed by atoms with Crippen LogP contribution in [0.3, 0.4) is 0 Å². The van der Waals surface area contributed by atoms with E-state index in [0.717, 1.165) is 18.7 Å². The molecule has 0 spiro atoms. The van der Waals surface area contributed by atoms with E-state index in [0.29, 0.717) is 11.9 Å². The molecule has 0 aliphatic rings. The minimum Gasteiger partial charge on any atom is -0.480 e. The summed E-state index contributed by atoms with van der Waals surface area (Å²) in [6.45, 7) is 2.85. The van der Waals surface area contributed by atoms with Crippen molar-refractivity contribution in [1.82, 2.24) is 4.98 Å². The van der Waals surface area contributed by atoms with Crippen LogP contribution in [0.25, 0.3) is 0 Å². The minimum absolute atomic E-state index is 0.336. The molecule has 4 nitrogen and oxygen atoms in total. The number of nitrogens with zero attached hydrogens (tertiary/aromatic N) is 1. The molecule has 0 bridgehead atoms. The smallest absolute Gasteiger partial charge is 0.237 e. The van der Waals surface area contributed by atoms with Gasteiger partial charge in [-0.1, -0.05) is 0 Å². The average Bonchev–Trinajstić information content (AvgIpc) is 2.27. The van der Waals surface area contributed by atoms with Gasteiger partial charge in [0.05, 0.1) is 12.8 Å². The topological polar surface area (TPSA) is 43.4 Å². The predicted octanol–water partition coefficient (Wildman–Crippen LogP) is 1.93. The molecular formula is C11H18N2O2. The number of anilines is 1. The van der Waals surface area contributed by atoms with Gasteiger partial charge in [-0.2, -0.15) is 0 Å². The number of nitrogens with one attached hydrogen (secondary N) is 1. The van der Waals surface area contributed by atoms with Crippen LogP contribution in [0.1, 0.15) is 13.3 Å². The molecule has 0 aliphatic carbocycles. The van der Waals surface area contributed by atoms with Crippen LogP contribution >= 0.6 is 0 Å². The zero-order valence-electron chi connectivity index (χ0n) is 9.49. The summed E-state index contributed by atoms with van der Waals surface area (Å²) >= 11 is 0. The maximum absolute atomic E-state index is 5.15. The van der Waals surface area contributed by atoms with E-state index < -0.39 is 0 Å². The van der Waals surface area contributed by atoms with Gasteiger partial charge in [0.1, 0.15) is 0 Å². The van der Waals surface area contributed by atoms with Crippen molar-refractivity contribution in [2.75, 3.05) is 26.1 Å². The average molecular weight is 210 g/mol. The van der Waals surface area contributed by atoms with Gasteiger partial charge < -0.3 is 14.8 Å². The summed E-state index contributed by atoms with van der Waals surface area (Å²) < 4.78 is 10.2. The second-order valence-electron chi connectivity index (χ2n) is 3.39. The molecular weight excluding hydrogens is 192 g/mol. The summed E-state index contributed by atoms with van der Waals surface area (Å²) in [4.78, 5) is 4.11. The number of pyridine rings is 1. The van der Waals surface area contributed by atoms with Gasteiger partial charge in [-0.05, 0) is 25.5 Å². The maximum atomic E-state index is 5.15. The van der Waals surface area contributed by atoms with Gasteiger partial charge in [-0.15, -0.1) is 0 Å². The van der Waals surface area contributed by atoms with E-state index >= 15 is 0 Å². The van der Waals surface area contributed by atoms with Crippen molar-refractivity contribution in [2.24, 2.45) is 0 Å². The lowest BCUT2D eigenvalue weighted by Crippen LogP contribution is -2.17. The molecule has 1 aromatic rings. The van der Waals surface area contributed by atoms with Crippen molar-refractivity contribution in [3.05, 3.63) is 18.3 Å². The molecule has 0 fully saturated rings. The summed E-state index contributed by atoms with van der Waals surface area (Å²) in [6.07, 6.45) is 2.67. The quantitative estimate of drug-likeness (QED) is 0.779. The Hall–Kier alpha value is -1.29. The zero-order chi connectivity index (χ0) is 11.1. The van der Waals surface area contributed by atoms with Crippen LogP contribution in [0.4, 0.5) is 5.69 Å². The number of hydrogen-bond acceptors (Lipinski definition) is 4. The van der Waals surface area contributed by atoms with Crippen LogP contribution < -0.4 is 10.1 Å². The standard InChI is InChI=1S/C11H18N2O2/c1-9(6-8-14-2)13-10-5-4-7-12-11(10)15-3/h4-5,7,9,13H,6,8H2,1-3H3. The van der Waals surface area contributed by atoms with Crippen molar-refractivity contribution in [3.8, 4) is 5.88 Å². The predicted molar refractivity (Wildman–Crippen MR) is 60.4 cm³/mol. The lowest BCUT2D eigenvalue weighted by atomic mass is 10.2. The first-order valence-corrected chi connectivity index (χ1v) is 5.02. The first kappa shape index (κ1) is 11.8. The summed E-state index contributed by atoms with van der Waals surface area (Å²) in [7, 11) is 3.32. The normalized spacial score (nSPS) is 12.2. The molecule has 1 rings (SSSR count). The Morgan fingerprint density at radius 2 is 2.27 bits per heavy atom. The molecule has 84 valence electrons. The SMILES string of the molecule is COCCC(C)Nc1cccnc1OC. The second kappa shape index (κ2) is 6.24. The van der Waals surface area contributed by atoms with Gasteiger partial charge in [0.2, 0.25) is 5.88 Å². The van der Waals surface area contributed by atoms with Crippen LogP contribution in [0.2, 0.25) is 0 Å². The molecule has 1 atom stereocenters. The highest BCUT2D eigenvalue weighted by Crippen LogP contribution is 2.20. The zero-order valence-corrected chi connectivity index (χ0v) is 9.49. The van der Waals surface area contributed by atoms with Crippen LogP contribution in [-0.4, -0.2) is 31.9 Å². The van der Waals surface area contributed by atoms with E-state index in [9.17, 15) is 0 Å². The summed E-state index contributed by atoms with van der Waals surface area (Å²) in [5.41, 5.74) is 0.920. The van der Waals surface area contributed by atoms with Gasteiger partial charge in [-0.3, -0.25) is 0 Å². The third kappa shape index (κ3) is 3.75. The lowest BCUT2D eigenvalue weighted by Gasteiger charge is -2.16. The molecule has 0 saturated heterocycles. The van der Waals surface area contributed by atoms with Crippen LogP contribution in [0, 0.1) is 0 Å². The summed E-state index contributed by atoms with van der Waals surface area (Å²) in [6, 6.07) is 4.17. The van der Waals surface area contributed by atoms with Crippen molar-refractivity contribution >= 4 is 5.69 Å². The highest BCUT2D eigenvalue weighted by Gasteiger charge is 2.06. The Morgan fingerprint density at radius 3 is 2.93 bits per heavy atom. The van der Waals surface area contributed by atoms with E-state index in [1.807, 2.05) is 12.1 Å². The van der Waals surface area contributed by atoms with Gasteiger partial charge in [0.25, 0.3) is 0 Å². The molecule has 0 aliphatic heterocycles. The number of ether oxygens (including phenoxy) is 2. The third-order valence-electron chi connectivity index (χ3n) is 2.12. The van der Waals surface area contributed by atoms with Crippen molar-refractivity contribution in [1.29, 1.82) is 0 Å². The Balaban J connectivity index is 2.55. The molecule has 1 N–H and O–H groups in total. The fourth-order valence-electron chi connectivity index (χ4n) is 1.30. The lowest BCUT2D eigenvalue weighted by molar-refractivity contribution is 0.191. The first-order chi connectivity index (χ1) is 7.27. The van der Waals surface area contributed by atoms with E-state index in [1.165, 1.54) is 0 Å². The number of hydrogen-bond donors (Lipinski definition) is 1. The fourth-order valence-corrected chi connectivity index (χ4v) is 1.30. The van der Waals surface area contributed by atoms with E-state index in [1.54, 1.807) is 20.4 Å². The molecule has 0 radical (unpaired) electrons. The van der Waals surface area contributed by atoms with Gasteiger partial charge in [0, 0.05) is 26.0 Å². The van der Waals surface area contributed by atoms with E-state index in [-0.39, 0.29) is 0 Å². The van der Waals surface area contributed by atoms with Gasteiger partial charge >= 0.3 is 0 Å². The van der Waals surface area contributed by atoms with Gasteiger partial charge in [0.15, 0.2) is 0 Å². The minimum atomic E-state index is 0.336. The summed E-state index contributed by atoms with van der Waals surface area (Å²) in [5, 5.41) is 3.33. The Kier molecular flexibility index (Phi) is 4.90. The molecule has 4 heteroatoms. The van der Waals surface area contributed by atoms with Gasteiger partial charge in [-0.25, -0.2) is 4.98 Å². The Bertz CT molecular complexity index is 292. The first-order valence-electron chi connectivity index (χ1n) is 5.02. The van der Waals surface area contributed by atoms with Crippen LogP contribution in [0.15, 0.2) is 18.3 Å². The van der Waals surface area contributed by atoms with Crippen molar-refractivity contribution < 1.29 is 9.47 Å². The molecule has 0 aromatic carbocycles. The highest BCUT2D eigenvalue weighted by atomic mass is 16.5. The molecule has 1 aromatic heterocycles. The van der Waals surface area contributed by atoms with Crippen LogP contribution in [0.5, 0.6) is 5.88 Å². The number of rotatable bonds is 6. The Labute approximate surface area is 90.6 Å². The third-order valence-corrected chi connectivity index (χ3v) is 2.12.